The summed E-state index contributed by atoms with van der Waals surface area (Å²) in [5, 5.41) is 15.5. The summed E-state index contributed by atoms with van der Waals surface area (Å²) in [7, 11) is 1.41. The van der Waals surface area contributed by atoms with Crippen LogP contribution in [-0.4, -0.2) is 36.8 Å². The third-order valence-electron chi connectivity index (χ3n) is 3.13. The fourth-order valence-electron chi connectivity index (χ4n) is 1.89. The van der Waals surface area contributed by atoms with Crippen LogP contribution in [0.15, 0.2) is 47.6 Å². The number of phenols is 1. The lowest BCUT2D eigenvalue weighted by atomic mass is 10.2. The highest BCUT2D eigenvalue weighted by Gasteiger charge is 2.11. The van der Waals surface area contributed by atoms with Crippen molar-refractivity contribution in [3.05, 3.63) is 59.4 Å². The summed E-state index contributed by atoms with van der Waals surface area (Å²) in [5.74, 6) is -1.68. The molecule has 0 spiro atoms. The number of hydrogen-bond acceptors (Lipinski definition) is 5. The number of hydrogen-bond donors (Lipinski definition) is 3. The third-order valence-corrected chi connectivity index (χ3v) is 3.13. The van der Waals surface area contributed by atoms with Crippen LogP contribution in [0.3, 0.4) is 0 Å². The Kier molecular flexibility index (Phi) is 6.05. The summed E-state index contributed by atoms with van der Waals surface area (Å²) < 4.78 is 18.4. The summed E-state index contributed by atoms with van der Waals surface area (Å²) in [6.45, 7) is -0.358. The molecule has 0 unspecified atom stereocenters. The van der Waals surface area contributed by atoms with Crippen molar-refractivity contribution in [2.75, 3.05) is 13.7 Å². The predicted molar refractivity (Wildman–Crippen MR) is 89.1 cm³/mol. The topological polar surface area (TPSA) is 100 Å². The van der Waals surface area contributed by atoms with Gasteiger partial charge in [-0.2, -0.15) is 5.10 Å². The molecule has 0 fully saturated rings. The molecule has 0 aliphatic rings. The second kappa shape index (κ2) is 8.44. The lowest BCUT2D eigenvalue weighted by Gasteiger charge is -2.05. The first-order valence-corrected chi connectivity index (χ1v) is 7.23. The number of amides is 2. The van der Waals surface area contributed by atoms with Gasteiger partial charge in [-0.3, -0.25) is 9.59 Å². The van der Waals surface area contributed by atoms with Crippen LogP contribution < -0.4 is 15.5 Å². The highest BCUT2D eigenvalue weighted by molar-refractivity contribution is 5.96. The van der Waals surface area contributed by atoms with Gasteiger partial charge in [0, 0.05) is 0 Å². The van der Waals surface area contributed by atoms with E-state index in [0.29, 0.717) is 5.56 Å². The number of nitrogens with zero attached hydrogens (tertiary/aromatic N) is 1. The van der Waals surface area contributed by atoms with Crippen LogP contribution in [0.1, 0.15) is 15.9 Å². The van der Waals surface area contributed by atoms with Crippen LogP contribution in [0.25, 0.3) is 0 Å². The molecule has 0 heterocycles. The van der Waals surface area contributed by atoms with Crippen molar-refractivity contribution >= 4 is 18.0 Å². The Morgan fingerprint density at radius 2 is 2.04 bits per heavy atom. The van der Waals surface area contributed by atoms with Gasteiger partial charge in [-0.15, -0.1) is 0 Å². The van der Waals surface area contributed by atoms with E-state index in [1.807, 2.05) is 0 Å². The van der Waals surface area contributed by atoms with E-state index in [0.717, 1.165) is 6.07 Å². The molecule has 2 rings (SSSR count). The maximum Gasteiger partial charge on any atom is 0.259 e. The molecule has 0 bridgehead atoms. The summed E-state index contributed by atoms with van der Waals surface area (Å²) in [4.78, 5) is 23.4. The number of nitrogens with one attached hydrogen (secondary N) is 2. The van der Waals surface area contributed by atoms with E-state index in [9.17, 15) is 19.1 Å². The molecule has 7 nitrogen and oxygen atoms in total. The Morgan fingerprint density at radius 1 is 1.28 bits per heavy atom. The van der Waals surface area contributed by atoms with E-state index in [1.54, 1.807) is 6.07 Å². The van der Waals surface area contributed by atoms with Crippen molar-refractivity contribution in [1.29, 1.82) is 0 Å². The number of rotatable bonds is 6. The van der Waals surface area contributed by atoms with Gasteiger partial charge in [0.25, 0.3) is 11.8 Å². The molecule has 130 valence electrons. The summed E-state index contributed by atoms with van der Waals surface area (Å²) in [5.41, 5.74) is 2.67. The minimum absolute atomic E-state index is 0.0143. The molecular weight excluding hydrogens is 329 g/mol. The van der Waals surface area contributed by atoms with Crippen LogP contribution in [0.5, 0.6) is 11.5 Å². The van der Waals surface area contributed by atoms with Crippen molar-refractivity contribution in [1.82, 2.24) is 10.7 Å². The van der Waals surface area contributed by atoms with E-state index >= 15 is 0 Å². The lowest BCUT2D eigenvalue weighted by Crippen LogP contribution is -2.35. The summed E-state index contributed by atoms with van der Waals surface area (Å²) in [6.07, 6.45) is 1.35. The van der Waals surface area contributed by atoms with Crippen LogP contribution >= 0.6 is 0 Å². The molecular formula is C17H16FN3O4. The van der Waals surface area contributed by atoms with Crippen LogP contribution in [0, 0.1) is 5.82 Å². The first-order chi connectivity index (χ1) is 12.0. The minimum atomic E-state index is -0.694. The third kappa shape index (κ3) is 5.03. The van der Waals surface area contributed by atoms with Crippen LogP contribution in [0.4, 0.5) is 4.39 Å². The molecule has 3 N–H and O–H groups in total. The number of hydrazone groups is 1. The van der Waals surface area contributed by atoms with E-state index in [-0.39, 0.29) is 23.6 Å². The Balaban J connectivity index is 1.84. The van der Waals surface area contributed by atoms with E-state index in [1.165, 1.54) is 43.7 Å². The number of aromatic hydroxyl groups is 1. The van der Waals surface area contributed by atoms with Gasteiger partial charge in [0.15, 0.2) is 11.5 Å². The zero-order valence-electron chi connectivity index (χ0n) is 13.3. The van der Waals surface area contributed by atoms with Crippen molar-refractivity contribution in [2.45, 2.75) is 0 Å². The molecule has 2 aromatic carbocycles. The number of ether oxygens (including phenoxy) is 1. The molecule has 0 atom stereocenters. The first kappa shape index (κ1) is 17.9. The number of benzene rings is 2. The van der Waals surface area contributed by atoms with Gasteiger partial charge in [-0.1, -0.05) is 12.1 Å². The quantitative estimate of drug-likeness (QED) is 0.544. The second-order valence-corrected chi connectivity index (χ2v) is 4.89. The van der Waals surface area contributed by atoms with E-state index in [2.05, 4.69) is 15.8 Å². The average molecular weight is 345 g/mol. The molecule has 8 heteroatoms. The van der Waals surface area contributed by atoms with Crippen molar-refractivity contribution in [3.8, 4) is 11.5 Å². The smallest absolute Gasteiger partial charge is 0.259 e. The number of phenolic OH excluding ortho intramolecular Hbond substituents is 1. The van der Waals surface area contributed by atoms with Gasteiger partial charge in [0.2, 0.25) is 0 Å². The molecule has 0 saturated carbocycles. The number of halogens is 1. The Morgan fingerprint density at radius 3 is 2.76 bits per heavy atom. The van der Waals surface area contributed by atoms with Crippen molar-refractivity contribution in [3.63, 3.8) is 0 Å². The normalized spacial score (nSPS) is 10.5. The molecule has 25 heavy (non-hydrogen) atoms. The van der Waals surface area contributed by atoms with Crippen LogP contribution in [-0.2, 0) is 4.79 Å². The van der Waals surface area contributed by atoms with Crippen molar-refractivity contribution < 1.29 is 23.8 Å². The highest BCUT2D eigenvalue weighted by Crippen LogP contribution is 2.25. The maximum absolute atomic E-state index is 13.4. The van der Waals surface area contributed by atoms with Crippen LogP contribution in [0.2, 0.25) is 0 Å². The lowest BCUT2D eigenvalue weighted by molar-refractivity contribution is -0.120. The zero-order valence-corrected chi connectivity index (χ0v) is 13.3. The van der Waals surface area contributed by atoms with Gasteiger partial charge in [-0.05, 0) is 35.9 Å². The van der Waals surface area contributed by atoms with Gasteiger partial charge in [0.05, 0.1) is 25.4 Å². The van der Waals surface area contributed by atoms with Crippen molar-refractivity contribution in [2.24, 2.45) is 5.10 Å². The fraction of sp³-hybridized carbons (Fsp3) is 0.118. The van der Waals surface area contributed by atoms with Gasteiger partial charge >= 0.3 is 0 Å². The molecule has 2 amide bonds. The standard InChI is InChI=1S/C17H16FN3O4/c1-25-15-8-11(6-7-14(15)22)9-20-21-16(23)10-19-17(24)12-4-2-3-5-13(12)18/h2-9,22H,10H2,1H3,(H,19,24)(H,21,23). The summed E-state index contributed by atoms with van der Waals surface area (Å²) in [6, 6.07) is 10.00. The van der Waals surface area contributed by atoms with E-state index in [4.69, 9.17) is 4.74 Å². The fourth-order valence-corrected chi connectivity index (χ4v) is 1.89. The maximum atomic E-state index is 13.4. The Labute approximate surface area is 143 Å². The molecule has 0 saturated heterocycles. The Bertz CT molecular complexity index is 808. The zero-order chi connectivity index (χ0) is 18.2. The Hall–Kier alpha value is -3.42. The average Bonchev–Trinajstić information content (AvgIpc) is 2.61. The first-order valence-electron chi connectivity index (χ1n) is 7.23. The summed E-state index contributed by atoms with van der Waals surface area (Å²) >= 11 is 0. The van der Waals surface area contributed by atoms with E-state index < -0.39 is 17.6 Å². The number of carbonyl (C=O) groups excluding carboxylic acids is 2. The highest BCUT2D eigenvalue weighted by atomic mass is 19.1. The molecule has 0 aliphatic heterocycles. The van der Waals surface area contributed by atoms with Gasteiger partial charge in [0.1, 0.15) is 5.82 Å². The molecule has 0 radical (unpaired) electrons. The SMILES string of the molecule is COc1cc(C=NNC(=O)CNC(=O)c2ccccc2F)ccc1O. The number of carbonyl (C=O) groups is 2. The largest absolute Gasteiger partial charge is 0.504 e. The van der Waals surface area contributed by atoms with Gasteiger partial charge < -0.3 is 15.2 Å². The monoisotopic (exact) mass is 345 g/mol. The minimum Gasteiger partial charge on any atom is -0.504 e. The van der Waals surface area contributed by atoms with Gasteiger partial charge in [-0.25, -0.2) is 9.82 Å². The molecule has 0 aliphatic carbocycles. The molecule has 2 aromatic rings. The number of methoxy groups -OCH3 is 1. The predicted octanol–water partition coefficient (Wildman–Crippen LogP) is 1.42. The molecule has 0 aromatic heterocycles. The second-order valence-electron chi connectivity index (χ2n) is 4.89.